The Kier molecular flexibility index (Phi) is 7.26. The first kappa shape index (κ1) is 22.2. The summed E-state index contributed by atoms with van der Waals surface area (Å²) < 4.78 is 20.1. The standard InChI is InChI=1S/C23H21FN6O2/c1-32-22-13-18(27-15-16(24)14-26)7-8-20(22)30-12-10-21(31)23(29-30)19(9-11-25)28-17-5-3-2-4-6-17/h2-15H,25-26H2,1H3. The summed E-state index contributed by atoms with van der Waals surface area (Å²) in [6.45, 7) is 0. The number of hydrogen-bond donors (Lipinski definition) is 2. The van der Waals surface area contributed by atoms with E-state index in [1.165, 1.54) is 36.3 Å². The van der Waals surface area contributed by atoms with Gasteiger partial charge in [-0.25, -0.2) is 14.1 Å². The SMILES string of the molecule is COc1cc(N=CC(F)=CN)ccc1-n1ccc(=O)c(C(C=CN)=Nc2ccccc2)n1. The number of para-hydroxylation sites is 1. The van der Waals surface area contributed by atoms with E-state index in [1.54, 1.807) is 30.3 Å². The van der Waals surface area contributed by atoms with Crippen LogP contribution in [0.4, 0.5) is 15.8 Å². The van der Waals surface area contributed by atoms with Gasteiger partial charge in [0.25, 0.3) is 0 Å². The molecule has 3 rings (SSSR count). The van der Waals surface area contributed by atoms with Gasteiger partial charge in [-0.2, -0.15) is 5.10 Å². The van der Waals surface area contributed by atoms with E-state index in [-0.39, 0.29) is 11.1 Å². The Morgan fingerprint density at radius 3 is 2.59 bits per heavy atom. The predicted molar refractivity (Wildman–Crippen MR) is 124 cm³/mol. The van der Waals surface area contributed by atoms with Crippen molar-refractivity contribution in [3.63, 3.8) is 0 Å². The summed E-state index contributed by atoms with van der Waals surface area (Å²) in [5, 5.41) is 4.45. The Morgan fingerprint density at radius 1 is 1.12 bits per heavy atom. The lowest BCUT2D eigenvalue weighted by Crippen LogP contribution is -2.20. The van der Waals surface area contributed by atoms with Crippen LogP contribution in [0.2, 0.25) is 0 Å². The molecular formula is C23H21FN6O2. The van der Waals surface area contributed by atoms with Crippen molar-refractivity contribution in [2.24, 2.45) is 21.5 Å². The molecule has 2 aromatic carbocycles. The first-order valence-electron chi connectivity index (χ1n) is 9.48. The molecule has 0 spiro atoms. The molecule has 32 heavy (non-hydrogen) atoms. The quantitative estimate of drug-likeness (QED) is 0.555. The fraction of sp³-hybridized carbons (Fsp3) is 0.0435. The molecule has 0 atom stereocenters. The zero-order valence-corrected chi connectivity index (χ0v) is 17.2. The Morgan fingerprint density at radius 2 is 1.91 bits per heavy atom. The van der Waals surface area contributed by atoms with Crippen LogP contribution in [0.25, 0.3) is 5.69 Å². The molecule has 0 fully saturated rings. The highest BCUT2D eigenvalue weighted by Gasteiger charge is 2.12. The minimum absolute atomic E-state index is 0.109. The molecule has 1 heterocycles. The number of hydrogen-bond acceptors (Lipinski definition) is 7. The van der Waals surface area contributed by atoms with Crippen molar-refractivity contribution < 1.29 is 9.13 Å². The molecular weight excluding hydrogens is 411 g/mol. The van der Waals surface area contributed by atoms with E-state index in [4.69, 9.17) is 16.2 Å². The maximum atomic E-state index is 13.2. The molecule has 162 valence electrons. The van der Waals surface area contributed by atoms with Gasteiger partial charge in [-0.05, 0) is 36.5 Å². The summed E-state index contributed by atoms with van der Waals surface area (Å²) in [7, 11) is 1.48. The van der Waals surface area contributed by atoms with Crippen molar-refractivity contribution in [3.05, 3.63) is 101 Å². The highest BCUT2D eigenvalue weighted by Crippen LogP contribution is 2.27. The van der Waals surface area contributed by atoms with Gasteiger partial charge < -0.3 is 16.2 Å². The van der Waals surface area contributed by atoms with Crippen LogP contribution in [0.5, 0.6) is 5.75 Å². The van der Waals surface area contributed by atoms with Gasteiger partial charge in [-0.15, -0.1) is 0 Å². The fourth-order valence-electron chi connectivity index (χ4n) is 2.74. The van der Waals surface area contributed by atoms with Crippen molar-refractivity contribution in [1.82, 2.24) is 9.78 Å². The lowest BCUT2D eigenvalue weighted by Gasteiger charge is -2.12. The second-order valence-electron chi connectivity index (χ2n) is 6.33. The number of aromatic nitrogens is 2. The summed E-state index contributed by atoms with van der Waals surface area (Å²) in [5.41, 5.74) is 12.4. The van der Waals surface area contributed by atoms with E-state index in [0.717, 1.165) is 12.4 Å². The predicted octanol–water partition coefficient (Wildman–Crippen LogP) is 3.31. The van der Waals surface area contributed by atoms with Crippen molar-refractivity contribution in [2.75, 3.05) is 7.11 Å². The van der Waals surface area contributed by atoms with Crippen molar-refractivity contribution in [3.8, 4) is 11.4 Å². The molecule has 0 aliphatic rings. The number of nitrogens with zero attached hydrogens (tertiary/aromatic N) is 4. The van der Waals surface area contributed by atoms with Gasteiger partial charge >= 0.3 is 0 Å². The number of rotatable bonds is 7. The monoisotopic (exact) mass is 432 g/mol. The summed E-state index contributed by atoms with van der Waals surface area (Å²) in [5.74, 6) is -0.257. The zero-order valence-electron chi connectivity index (χ0n) is 17.2. The van der Waals surface area contributed by atoms with E-state index >= 15 is 0 Å². The maximum Gasteiger partial charge on any atom is 0.209 e. The van der Waals surface area contributed by atoms with Crippen LogP contribution in [-0.4, -0.2) is 28.8 Å². The Bertz CT molecular complexity index is 1260. The number of allylic oxidation sites excluding steroid dienone is 2. The first-order chi connectivity index (χ1) is 15.5. The van der Waals surface area contributed by atoms with Crippen molar-refractivity contribution in [1.29, 1.82) is 0 Å². The normalized spacial score (nSPS) is 12.6. The van der Waals surface area contributed by atoms with Crippen LogP contribution in [0.15, 0.2) is 99.9 Å². The topological polar surface area (TPSA) is 121 Å². The van der Waals surface area contributed by atoms with Crippen LogP contribution in [0.1, 0.15) is 5.69 Å². The summed E-state index contributed by atoms with van der Waals surface area (Å²) in [6.07, 6.45) is 6.12. The largest absolute Gasteiger partial charge is 0.494 e. The Labute approximate surface area is 183 Å². The zero-order chi connectivity index (χ0) is 22.9. The third-order valence-corrected chi connectivity index (χ3v) is 4.22. The van der Waals surface area contributed by atoms with Crippen LogP contribution >= 0.6 is 0 Å². The summed E-state index contributed by atoms with van der Waals surface area (Å²) >= 11 is 0. The summed E-state index contributed by atoms with van der Waals surface area (Å²) in [6, 6.07) is 15.5. The van der Waals surface area contributed by atoms with E-state index < -0.39 is 5.83 Å². The lowest BCUT2D eigenvalue weighted by atomic mass is 10.2. The molecule has 0 bridgehead atoms. The van der Waals surface area contributed by atoms with Gasteiger partial charge in [0.1, 0.15) is 11.4 Å². The molecule has 9 heteroatoms. The average molecular weight is 432 g/mol. The number of methoxy groups -OCH3 is 1. The first-order valence-corrected chi connectivity index (χ1v) is 9.48. The second kappa shape index (κ2) is 10.5. The van der Waals surface area contributed by atoms with Gasteiger partial charge in [-0.3, -0.25) is 9.79 Å². The van der Waals surface area contributed by atoms with Crippen molar-refractivity contribution >= 4 is 23.3 Å². The van der Waals surface area contributed by atoms with Gasteiger partial charge in [0.15, 0.2) is 11.5 Å². The average Bonchev–Trinajstić information content (AvgIpc) is 2.83. The molecule has 0 radical (unpaired) electrons. The number of aliphatic imine (C=N–C) groups is 2. The maximum absolute atomic E-state index is 13.2. The molecule has 0 amide bonds. The lowest BCUT2D eigenvalue weighted by molar-refractivity contribution is 0.411. The van der Waals surface area contributed by atoms with E-state index in [2.05, 4.69) is 15.1 Å². The molecule has 0 saturated carbocycles. The molecule has 0 unspecified atom stereocenters. The van der Waals surface area contributed by atoms with Crippen LogP contribution in [-0.2, 0) is 0 Å². The van der Waals surface area contributed by atoms with Crippen LogP contribution in [0.3, 0.4) is 0 Å². The van der Waals surface area contributed by atoms with Gasteiger partial charge in [0.2, 0.25) is 5.43 Å². The molecule has 1 aromatic heterocycles. The molecule has 0 aliphatic carbocycles. The van der Waals surface area contributed by atoms with E-state index in [1.807, 2.05) is 18.2 Å². The molecule has 0 saturated heterocycles. The van der Waals surface area contributed by atoms with Gasteiger partial charge in [-0.1, -0.05) is 18.2 Å². The van der Waals surface area contributed by atoms with E-state index in [9.17, 15) is 9.18 Å². The van der Waals surface area contributed by atoms with Crippen LogP contribution < -0.4 is 21.6 Å². The fourth-order valence-corrected chi connectivity index (χ4v) is 2.74. The van der Waals surface area contributed by atoms with Gasteiger partial charge in [0, 0.05) is 24.5 Å². The summed E-state index contributed by atoms with van der Waals surface area (Å²) in [4.78, 5) is 21.1. The number of nitrogens with two attached hydrogens (primary N) is 2. The minimum atomic E-state index is -0.669. The molecule has 4 N–H and O–H groups in total. The molecule has 3 aromatic rings. The highest BCUT2D eigenvalue weighted by atomic mass is 19.1. The highest BCUT2D eigenvalue weighted by molar-refractivity contribution is 6.08. The third kappa shape index (κ3) is 5.33. The second-order valence-corrected chi connectivity index (χ2v) is 6.33. The minimum Gasteiger partial charge on any atom is -0.494 e. The molecule has 0 aliphatic heterocycles. The third-order valence-electron chi connectivity index (χ3n) is 4.22. The smallest absolute Gasteiger partial charge is 0.209 e. The number of benzene rings is 2. The molecule has 8 nitrogen and oxygen atoms in total. The van der Waals surface area contributed by atoms with Crippen LogP contribution in [0, 0.1) is 0 Å². The Balaban J connectivity index is 2.07. The van der Waals surface area contributed by atoms with Gasteiger partial charge in [0.05, 0.1) is 30.4 Å². The number of halogens is 1. The van der Waals surface area contributed by atoms with Crippen molar-refractivity contribution in [2.45, 2.75) is 0 Å². The van der Waals surface area contributed by atoms with E-state index in [0.29, 0.717) is 28.5 Å². The Hall–Kier alpha value is -4.53. The number of ether oxygens (including phenoxy) is 1.